The van der Waals surface area contributed by atoms with Crippen molar-refractivity contribution < 1.29 is 32.6 Å². The lowest BCUT2D eigenvalue weighted by molar-refractivity contribution is -0.139. The zero-order valence-corrected chi connectivity index (χ0v) is 25.0. The van der Waals surface area contributed by atoms with Gasteiger partial charge in [0, 0.05) is 38.1 Å². The second kappa shape index (κ2) is 14.0. The molecule has 0 aliphatic carbocycles. The molecule has 2 N–H and O–H groups in total. The third-order valence-corrected chi connectivity index (χ3v) is 8.52. The van der Waals surface area contributed by atoms with Crippen molar-refractivity contribution in [3.8, 4) is 16.9 Å². The largest absolute Gasteiger partial charge is 0.492 e. The van der Waals surface area contributed by atoms with E-state index in [4.69, 9.17) is 9.47 Å². The summed E-state index contributed by atoms with van der Waals surface area (Å²) in [6.45, 7) is 3.81. The summed E-state index contributed by atoms with van der Waals surface area (Å²) in [5, 5.41) is 12.2. The van der Waals surface area contributed by atoms with E-state index in [1.165, 1.54) is 0 Å². The van der Waals surface area contributed by atoms with Gasteiger partial charge in [0.15, 0.2) is 0 Å². The molecule has 224 valence electrons. The van der Waals surface area contributed by atoms with Gasteiger partial charge in [0.05, 0.1) is 11.9 Å². The van der Waals surface area contributed by atoms with Gasteiger partial charge in [-0.15, -0.1) is 0 Å². The summed E-state index contributed by atoms with van der Waals surface area (Å²) < 4.78 is 35.0. The predicted octanol–water partition coefficient (Wildman–Crippen LogP) is 3.95. The van der Waals surface area contributed by atoms with Crippen LogP contribution in [-0.4, -0.2) is 80.8 Å². The molecule has 10 heteroatoms. The monoisotopic (exact) mass is 594 g/mol. The van der Waals surface area contributed by atoms with Gasteiger partial charge in [-0.1, -0.05) is 48.5 Å². The van der Waals surface area contributed by atoms with Crippen LogP contribution in [-0.2, 0) is 25.9 Å². The van der Waals surface area contributed by atoms with E-state index < -0.39 is 27.8 Å². The highest BCUT2D eigenvalue weighted by molar-refractivity contribution is 7.90. The quantitative estimate of drug-likeness (QED) is 0.305. The fourth-order valence-corrected chi connectivity index (χ4v) is 5.89. The molecule has 0 aromatic heterocycles. The minimum absolute atomic E-state index is 0.0788. The lowest BCUT2D eigenvalue weighted by Gasteiger charge is -2.25. The number of hydrogen-bond donors (Lipinski definition) is 2. The van der Waals surface area contributed by atoms with Crippen LogP contribution < -0.4 is 10.1 Å². The molecule has 9 nitrogen and oxygen atoms in total. The number of ether oxygens (including phenoxy) is 2. The van der Waals surface area contributed by atoms with E-state index in [2.05, 4.69) is 10.2 Å². The lowest BCUT2D eigenvalue weighted by atomic mass is 9.93. The Hall–Kier alpha value is -3.73. The summed E-state index contributed by atoms with van der Waals surface area (Å²) in [6.07, 6.45) is 1.73. The zero-order valence-electron chi connectivity index (χ0n) is 24.2. The summed E-state index contributed by atoms with van der Waals surface area (Å²) in [5.41, 5.74) is 3.80. The van der Waals surface area contributed by atoms with Crippen molar-refractivity contribution in [1.29, 1.82) is 0 Å². The number of amides is 1. The molecule has 1 saturated heterocycles. The van der Waals surface area contributed by atoms with Gasteiger partial charge in [-0.25, -0.2) is 13.2 Å². The van der Waals surface area contributed by atoms with Crippen LogP contribution in [0, 0.1) is 6.92 Å². The standard InChI is InChI=1S/C32H38N2O7S/c1-22-9-7-8-12-27(22)29-17-23(13-14-28(29)31(35)33-30(32(36)37)15-16-42(3,38)39)19-34-20-26(40-2)18-24(34)21-41-25-10-5-4-6-11-25/h4-14,17,24,26,30H,15-16,18-21H2,1-3H3,(H,33,35)(H,36,37). The molecule has 1 aliphatic heterocycles. The molecular formula is C32H38N2O7S. The van der Waals surface area contributed by atoms with Gasteiger partial charge >= 0.3 is 5.97 Å². The van der Waals surface area contributed by atoms with Crippen LogP contribution in [0.4, 0.5) is 0 Å². The molecule has 0 saturated carbocycles. The second-order valence-electron chi connectivity index (χ2n) is 10.8. The van der Waals surface area contributed by atoms with Gasteiger partial charge in [-0.3, -0.25) is 9.69 Å². The van der Waals surface area contributed by atoms with E-state index in [0.717, 1.165) is 41.7 Å². The lowest BCUT2D eigenvalue weighted by Crippen LogP contribution is -2.42. The maximum atomic E-state index is 13.4. The van der Waals surface area contributed by atoms with E-state index in [1.54, 1.807) is 13.2 Å². The van der Waals surface area contributed by atoms with Crippen LogP contribution in [0.15, 0.2) is 72.8 Å². The number of aliphatic carboxylic acids is 1. The molecule has 4 rings (SSSR count). The minimum atomic E-state index is -3.39. The van der Waals surface area contributed by atoms with E-state index in [1.807, 2.05) is 73.7 Å². The van der Waals surface area contributed by atoms with Crippen molar-refractivity contribution in [2.24, 2.45) is 0 Å². The summed E-state index contributed by atoms with van der Waals surface area (Å²) in [5.74, 6) is -1.39. The zero-order chi connectivity index (χ0) is 30.3. The smallest absolute Gasteiger partial charge is 0.326 e. The SMILES string of the molecule is COC1CC(COc2ccccc2)N(Cc2ccc(C(=O)NC(CCS(C)(=O)=O)C(=O)O)c(-c3ccccc3C)c2)C1. The van der Waals surface area contributed by atoms with E-state index in [-0.39, 0.29) is 24.3 Å². The number of carbonyl (C=O) groups excluding carboxylic acids is 1. The number of sulfone groups is 1. The number of carboxylic acids is 1. The minimum Gasteiger partial charge on any atom is -0.492 e. The van der Waals surface area contributed by atoms with Crippen molar-refractivity contribution >= 4 is 21.7 Å². The van der Waals surface area contributed by atoms with Gasteiger partial charge < -0.3 is 19.9 Å². The van der Waals surface area contributed by atoms with Crippen molar-refractivity contribution in [3.63, 3.8) is 0 Å². The number of benzene rings is 3. The molecule has 1 heterocycles. The van der Waals surface area contributed by atoms with E-state index in [9.17, 15) is 23.1 Å². The first kappa shape index (κ1) is 31.2. The third-order valence-electron chi connectivity index (χ3n) is 7.54. The maximum Gasteiger partial charge on any atom is 0.326 e. The molecule has 0 radical (unpaired) electrons. The molecule has 1 amide bonds. The van der Waals surface area contributed by atoms with Crippen LogP contribution in [0.25, 0.3) is 11.1 Å². The number of nitrogens with zero attached hydrogens (tertiary/aromatic N) is 1. The number of nitrogens with one attached hydrogen (secondary N) is 1. The Morgan fingerprint density at radius 2 is 1.76 bits per heavy atom. The average Bonchev–Trinajstić information content (AvgIpc) is 3.35. The Morgan fingerprint density at radius 1 is 1.05 bits per heavy atom. The van der Waals surface area contributed by atoms with Crippen molar-refractivity contribution in [2.75, 3.05) is 32.3 Å². The molecule has 3 unspecified atom stereocenters. The summed E-state index contributed by atoms with van der Waals surface area (Å²) in [6, 6.07) is 21.7. The fraction of sp³-hybridized carbons (Fsp3) is 0.375. The number of carboxylic acid groups (broad SMARTS) is 1. The van der Waals surface area contributed by atoms with Gasteiger partial charge in [0.2, 0.25) is 0 Å². The van der Waals surface area contributed by atoms with Gasteiger partial charge in [-0.2, -0.15) is 0 Å². The molecule has 1 aliphatic rings. The molecule has 3 aromatic rings. The highest BCUT2D eigenvalue weighted by Crippen LogP contribution is 2.30. The Bertz CT molecular complexity index is 1490. The predicted molar refractivity (Wildman–Crippen MR) is 161 cm³/mol. The second-order valence-corrected chi connectivity index (χ2v) is 13.0. The first-order valence-corrected chi connectivity index (χ1v) is 15.9. The third kappa shape index (κ3) is 8.40. The number of aryl methyl sites for hydroxylation is 1. The molecule has 42 heavy (non-hydrogen) atoms. The average molecular weight is 595 g/mol. The van der Waals surface area contributed by atoms with E-state index in [0.29, 0.717) is 24.3 Å². The van der Waals surface area contributed by atoms with Crippen molar-refractivity contribution in [1.82, 2.24) is 10.2 Å². The van der Waals surface area contributed by atoms with Crippen LogP contribution >= 0.6 is 0 Å². The summed E-state index contributed by atoms with van der Waals surface area (Å²) >= 11 is 0. The van der Waals surface area contributed by atoms with Gasteiger partial charge in [0.25, 0.3) is 5.91 Å². The maximum absolute atomic E-state index is 13.4. The first-order valence-electron chi connectivity index (χ1n) is 13.9. The number of likely N-dealkylation sites (tertiary alicyclic amines) is 1. The molecular weight excluding hydrogens is 556 g/mol. The van der Waals surface area contributed by atoms with Crippen LogP contribution in [0.1, 0.15) is 34.3 Å². The molecule has 3 atom stereocenters. The number of para-hydroxylation sites is 1. The Kier molecular flexibility index (Phi) is 10.4. The Balaban J connectivity index is 1.59. The van der Waals surface area contributed by atoms with Crippen molar-refractivity contribution in [2.45, 2.75) is 44.5 Å². The van der Waals surface area contributed by atoms with E-state index >= 15 is 0 Å². The van der Waals surface area contributed by atoms with Gasteiger partial charge in [0.1, 0.15) is 28.2 Å². The number of methoxy groups -OCH3 is 1. The highest BCUT2D eigenvalue weighted by atomic mass is 32.2. The molecule has 3 aromatic carbocycles. The Labute approximate surface area is 247 Å². The summed E-state index contributed by atoms with van der Waals surface area (Å²) in [4.78, 5) is 27.6. The number of hydrogen-bond acceptors (Lipinski definition) is 7. The Morgan fingerprint density at radius 3 is 2.43 bits per heavy atom. The van der Waals surface area contributed by atoms with Crippen molar-refractivity contribution in [3.05, 3.63) is 89.5 Å². The normalized spacial score (nSPS) is 18.0. The van der Waals surface area contributed by atoms with Crippen LogP contribution in [0.2, 0.25) is 0 Å². The summed E-state index contributed by atoms with van der Waals surface area (Å²) in [7, 11) is -1.68. The number of carbonyl (C=O) groups is 2. The first-order chi connectivity index (χ1) is 20.0. The van der Waals surface area contributed by atoms with Crippen LogP contribution in [0.3, 0.4) is 0 Å². The number of rotatable bonds is 13. The van der Waals surface area contributed by atoms with Gasteiger partial charge in [-0.05, 0) is 66.3 Å². The molecule has 0 bridgehead atoms. The topological polar surface area (TPSA) is 122 Å². The fourth-order valence-electron chi connectivity index (χ4n) is 5.23. The molecule has 1 fully saturated rings. The van der Waals surface area contributed by atoms with Crippen LogP contribution in [0.5, 0.6) is 5.75 Å². The highest BCUT2D eigenvalue weighted by Gasteiger charge is 2.33. The molecule has 0 spiro atoms.